The first-order chi connectivity index (χ1) is 15.0. The first-order valence-corrected chi connectivity index (χ1v) is 11.5. The minimum absolute atomic E-state index is 0.0342. The van der Waals surface area contributed by atoms with Crippen molar-refractivity contribution in [1.82, 2.24) is 19.7 Å². The summed E-state index contributed by atoms with van der Waals surface area (Å²) in [6, 6.07) is 13.1. The maximum atomic E-state index is 11.4. The number of benzene rings is 1. The molecule has 5 rings (SSSR count). The highest BCUT2D eigenvalue weighted by atomic mass is 32.1. The van der Waals surface area contributed by atoms with Crippen LogP contribution in [0.4, 0.5) is 5.00 Å². The van der Waals surface area contributed by atoms with Crippen LogP contribution in [0.3, 0.4) is 0 Å². The largest absolute Gasteiger partial charge is 0.357 e. The van der Waals surface area contributed by atoms with E-state index in [1.54, 1.807) is 18.3 Å². The lowest BCUT2D eigenvalue weighted by Crippen LogP contribution is -2.35. The second kappa shape index (κ2) is 7.98. The van der Waals surface area contributed by atoms with Gasteiger partial charge in [0.15, 0.2) is 0 Å². The highest BCUT2D eigenvalue weighted by Gasteiger charge is 2.32. The number of amides is 1. The number of carbonyl (C=O) groups is 1. The quantitative estimate of drug-likeness (QED) is 0.459. The van der Waals surface area contributed by atoms with Crippen molar-refractivity contribution in [3.63, 3.8) is 0 Å². The topological polar surface area (TPSA) is 66.0 Å². The molecule has 0 fully saturated rings. The lowest BCUT2D eigenvalue weighted by atomic mass is 9.94. The predicted molar refractivity (Wildman–Crippen MR) is 125 cm³/mol. The number of hydrogen-bond acceptors (Lipinski definition) is 4. The van der Waals surface area contributed by atoms with E-state index in [1.807, 2.05) is 16.9 Å². The highest BCUT2D eigenvalue weighted by Crippen LogP contribution is 2.39. The molecule has 0 saturated carbocycles. The third-order valence-electron chi connectivity index (χ3n) is 5.92. The fourth-order valence-electron chi connectivity index (χ4n) is 4.52. The number of hydrogen-bond donors (Lipinski definition) is 2. The van der Waals surface area contributed by atoms with Crippen LogP contribution in [0.1, 0.15) is 54.6 Å². The monoisotopic (exact) mass is 433 g/mol. The van der Waals surface area contributed by atoms with Crippen molar-refractivity contribution >= 4 is 33.1 Å². The number of H-pyrrole nitrogens is 1. The minimum Gasteiger partial charge on any atom is -0.357 e. The van der Waals surface area contributed by atoms with Crippen molar-refractivity contribution in [3.8, 4) is 0 Å². The highest BCUT2D eigenvalue weighted by molar-refractivity contribution is 7.16. The Kier molecular flexibility index (Phi) is 5.16. The average Bonchev–Trinajstić information content (AvgIpc) is 3.46. The maximum Gasteiger partial charge on any atom is 0.221 e. The molecule has 0 aliphatic carbocycles. The number of aromatic nitrogens is 3. The van der Waals surface area contributed by atoms with Crippen LogP contribution in [0.25, 0.3) is 10.9 Å². The van der Waals surface area contributed by atoms with Crippen molar-refractivity contribution < 1.29 is 4.79 Å². The van der Waals surface area contributed by atoms with Gasteiger partial charge in [-0.05, 0) is 44.0 Å². The molecule has 0 radical (unpaired) electrons. The summed E-state index contributed by atoms with van der Waals surface area (Å²) in [5.41, 5.74) is 5.09. The number of rotatable bonds is 5. The molecule has 3 aromatic heterocycles. The molecule has 0 spiro atoms. The van der Waals surface area contributed by atoms with E-state index in [9.17, 15) is 4.79 Å². The Hall–Kier alpha value is -2.90. The van der Waals surface area contributed by atoms with Crippen LogP contribution in [0.15, 0.2) is 48.8 Å². The van der Waals surface area contributed by atoms with Gasteiger partial charge in [0.25, 0.3) is 0 Å². The van der Waals surface area contributed by atoms with E-state index in [1.165, 1.54) is 32.6 Å². The molecule has 1 amide bonds. The number of fused-ring (bicyclic) bond motifs is 3. The summed E-state index contributed by atoms with van der Waals surface area (Å²) >= 11 is 1.64. The van der Waals surface area contributed by atoms with Gasteiger partial charge in [0.1, 0.15) is 0 Å². The first kappa shape index (κ1) is 20.0. The molecule has 0 saturated heterocycles. The lowest BCUT2D eigenvalue weighted by molar-refractivity contribution is -0.114. The number of carbonyl (C=O) groups excluding carboxylic acids is 1. The SMILES string of the molecule is CC(=O)Nc1ccc(CN2CCc3c([nH]c4ccccc34)C2c2cnn(C(C)C)c2)s1. The second-order valence-corrected chi connectivity index (χ2v) is 9.65. The van der Waals surface area contributed by atoms with E-state index in [-0.39, 0.29) is 11.9 Å². The van der Waals surface area contributed by atoms with Gasteiger partial charge in [-0.25, -0.2) is 0 Å². The molecule has 0 bridgehead atoms. The fraction of sp³-hybridized carbons (Fsp3) is 0.333. The van der Waals surface area contributed by atoms with Gasteiger partial charge in [0.05, 0.1) is 17.2 Å². The van der Waals surface area contributed by atoms with Crippen LogP contribution < -0.4 is 5.32 Å². The second-order valence-electron chi connectivity index (χ2n) is 8.48. The number of para-hydroxylation sites is 1. The van der Waals surface area contributed by atoms with Gasteiger partial charge in [-0.3, -0.25) is 14.4 Å². The van der Waals surface area contributed by atoms with Gasteiger partial charge in [0, 0.05) is 59.3 Å². The number of nitrogens with one attached hydrogen (secondary N) is 2. The van der Waals surface area contributed by atoms with Gasteiger partial charge < -0.3 is 10.3 Å². The van der Waals surface area contributed by atoms with Crippen molar-refractivity contribution in [1.29, 1.82) is 0 Å². The molecule has 6 nitrogen and oxygen atoms in total. The van der Waals surface area contributed by atoms with Gasteiger partial charge in [-0.2, -0.15) is 5.10 Å². The zero-order chi connectivity index (χ0) is 21.5. The summed E-state index contributed by atoms with van der Waals surface area (Å²) in [5.74, 6) is -0.0342. The lowest BCUT2D eigenvalue weighted by Gasteiger charge is -2.35. The Balaban J connectivity index is 1.53. The van der Waals surface area contributed by atoms with Crippen LogP contribution in [0.2, 0.25) is 0 Å². The summed E-state index contributed by atoms with van der Waals surface area (Å²) in [4.78, 5) is 18.9. The molecule has 1 unspecified atom stereocenters. The molecule has 160 valence electrons. The van der Waals surface area contributed by atoms with E-state index >= 15 is 0 Å². The van der Waals surface area contributed by atoms with Gasteiger partial charge in [-0.15, -0.1) is 11.3 Å². The maximum absolute atomic E-state index is 11.4. The first-order valence-electron chi connectivity index (χ1n) is 10.7. The molecule has 31 heavy (non-hydrogen) atoms. The third-order valence-corrected chi connectivity index (χ3v) is 6.91. The Morgan fingerprint density at radius 3 is 2.90 bits per heavy atom. The Morgan fingerprint density at radius 2 is 2.13 bits per heavy atom. The summed E-state index contributed by atoms with van der Waals surface area (Å²) in [7, 11) is 0. The molecule has 4 heterocycles. The van der Waals surface area contributed by atoms with Crippen LogP contribution in [-0.4, -0.2) is 32.1 Å². The van der Waals surface area contributed by atoms with Crippen LogP contribution >= 0.6 is 11.3 Å². The molecule has 4 aromatic rings. The molecule has 1 aliphatic heterocycles. The van der Waals surface area contributed by atoms with Crippen LogP contribution in [0, 0.1) is 0 Å². The average molecular weight is 434 g/mol. The molecule has 7 heteroatoms. The minimum atomic E-state index is -0.0342. The van der Waals surface area contributed by atoms with Gasteiger partial charge in [-0.1, -0.05) is 18.2 Å². The Labute approximate surface area is 185 Å². The smallest absolute Gasteiger partial charge is 0.221 e. The van der Waals surface area contributed by atoms with Gasteiger partial charge in [0.2, 0.25) is 5.91 Å². The van der Waals surface area contributed by atoms with E-state index in [2.05, 4.69) is 70.7 Å². The summed E-state index contributed by atoms with van der Waals surface area (Å²) < 4.78 is 2.03. The number of aromatic amines is 1. The zero-order valence-electron chi connectivity index (χ0n) is 18.1. The van der Waals surface area contributed by atoms with E-state index < -0.39 is 0 Å². The molecule has 1 aromatic carbocycles. The van der Waals surface area contributed by atoms with Crippen molar-refractivity contribution in [2.45, 2.75) is 45.8 Å². The standard InChI is InChI=1S/C24H27N5OS/c1-15(2)29-13-17(12-25-29)24-23-20(19-6-4-5-7-21(19)27-23)10-11-28(24)14-18-8-9-22(31-18)26-16(3)30/h4-9,12-13,15,24,27H,10-11,14H2,1-3H3,(H,26,30). The Morgan fingerprint density at radius 1 is 1.29 bits per heavy atom. The van der Waals surface area contributed by atoms with E-state index in [4.69, 9.17) is 0 Å². The fourth-order valence-corrected chi connectivity index (χ4v) is 5.50. The third kappa shape index (κ3) is 3.79. The summed E-state index contributed by atoms with van der Waals surface area (Å²) in [5, 5.41) is 9.74. The van der Waals surface area contributed by atoms with Gasteiger partial charge >= 0.3 is 0 Å². The molecular weight excluding hydrogens is 406 g/mol. The predicted octanol–water partition coefficient (Wildman–Crippen LogP) is 5.11. The van der Waals surface area contributed by atoms with Crippen LogP contribution in [-0.2, 0) is 17.8 Å². The zero-order valence-corrected chi connectivity index (χ0v) is 18.9. The summed E-state index contributed by atoms with van der Waals surface area (Å²) in [6.07, 6.45) is 5.20. The number of anilines is 1. The molecule has 1 atom stereocenters. The van der Waals surface area contributed by atoms with E-state index in [0.29, 0.717) is 6.04 Å². The van der Waals surface area contributed by atoms with Crippen molar-refractivity contribution in [2.24, 2.45) is 0 Å². The normalized spacial score (nSPS) is 16.7. The van der Waals surface area contributed by atoms with Crippen molar-refractivity contribution in [3.05, 3.63) is 70.5 Å². The number of thiophene rings is 1. The molecule has 2 N–H and O–H groups in total. The van der Waals surface area contributed by atoms with Crippen molar-refractivity contribution in [2.75, 3.05) is 11.9 Å². The van der Waals surface area contributed by atoms with Crippen LogP contribution in [0.5, 0.6) is 0 Å². The molecular formula is C24H27N5OS. The van der Waals surface area contributed by atoms with E-state index in [0.717, 1.165) is 24.5 Å². The Bertz CT molecular complexity index is 1230. The summed E-state index contributed by atoms with van der Waals surface area (Å²) in [6.45, 7) is 7.65. The molecule has 1 aliphatic rings. The number of nitrogens with zero attached hydrogens (tertiary/aromatic N) is 3.